The number of nitrogens with zero attached hydrogens (tertiary/aromatic N) is 3. The van der Waals surface area contributed by atoms with Gasteiger partial charge in [-0.05, 0) is 55.1 Å². The maximum Gasteiger partial charge on any atom is 0.255 e. The first-order valence-corrected chi connectivity index (χ1v) is 12.1. The number of anilines is 2. The molecule has 7 nitrogen and oxygen atoms in total. The van der Waals surface area contributed by atoms with Gasteiger partial charge in [-0.25, -0.2) is 0 Å². The van der Waals surface area contributed by atoms with E-state index in [1.54, 1.807) is 18.1 Å². The predicted octanol–water partition coefficient (Wildman–Crippen LogP) is 3.52. The Balaban J connectivity index is 1.40. The number of H-pyrrole nitrogens is 1. The number of pyridine rings is 1. The van der Waals surface area contributed by atoms with Crippen LogP contribution in [-0.2, 0) is 11.2 Å². The van der Waals surface area contributed by atoms with Crippen molar-refractivity contribution in [1.82, 2.24) is 9.88 Å². The lowest BCUT2D eigenvalue weighted by Gasteiger charge is -2.27. The van der Waals surface area contributed by atoms with Crippen molar-refractivity contribution in [2.24, 2.45) is 0 Å². The molecule has 33 heavy (non-hydrogen) atoms. The second kappa shape index (κ2) is 9.48. The first-order chi connectivity index (χ1) is 16.1. The minimum absolute atomic E-state index is 0.0709. The Morgan fingerprint density at radius 2 is 2.09 bits per heavy atom. The summed E-state index contributed by atoms with van der Waals surface area (Å²) >= 11 is 1.64. The molecule has 0 atom stereocenters. The predicted molar refractivity (Wildman–Crippen MR) is 133 cm³/mol. The van der Waals surface area contributed by atoms with Crippen LogP contribution in [0.2, 0.25) is 0 Å². The van der Waals surface area contributed by atoms with Crippen LogP contribution in [0, 0.1) is 18.3 Å². The van der Waals surface area contributed by atoms with E-state index in [0.29, 0.717) is 10.9 Å². The topological polar surface area (TPSA) is 84.4 Å². The van der Waals surface area contributed by atoms with E-state index in [2.05, 4.69) is 31.6 Å². The first-order valence-electron chi connectivity index (χ1n) is 11.3. The smallest absolute Gasteiger partial charge is 0.255 e. The highest BCUT2D eigenvalue weighted by Crippen LogP contribution is 2.42. The number of nitriles is 1. The Morgan fingerprint density at radius 3 is 2.91 bits per heavy atom. The number of nitrogens with one attached hydrogen (secondary N) is 2. The number of rotatable bonds is 6. The Kier molecular flexibility index (Phi) is 6.27. The van der Waals surface area contributed by atoms with Crippen LogP contribution in [0.1, 0.15) is 16.7 Å². The van der Waals surface area contributed by atoms with Gasteiger partial charge in [-0.3, -0.25) is 9.69 Å². The van der Waals surface area contributed by atoms with Crippen LogP contribution in [0.3, 0.4) is 0 Å². The quantitative estimate of drug-likeness (QED) is 0.544. The molecule has 0 bridgehead atoms. The fourth-order valence-corrected chi connectivity index (χ4v) is 5.79. The Bertz CT molecular complexity index is 1280. The second-order valence-electron chi connectivity index (χ2n) is 8.44. The Hall–Kier alpha value is -2.99. The molecule has 0 radical (unpaired) electrons. The molecule has 3 aromatic rings. The van der Waals surface area contributed by atoms with Gasteiger partial charge in [0.05, 0.1) is 30.5 Å². The largest absolute Gasteiger partial charge is 0.383 e. The molecule has 3 heterocycles. The summed E-state index contributed by atoms with van der Waals surface area (Å²) in [5, 5.41) is 14.9. The third kappa shape index (κ3) is 4.44. The fraction of sp³-hybridized carbons (Fsp3) is 0.360. The molecule has 0 saturated carbocycles. The van der Waals surface area contributed by atoms with Crippen molar-refractivity contribution in [2.75, 3.05) is 55.6 Å². The Labute approximate surface area is 197 Å². The number of hydrogen-bond donors (Lipinski definition) is 2. The number of hydrogen-bond acceptors (Lipinski definition) is 7. The van der Waals surface area contributed by atoms with Crippen LogP contribution < -0.4 is 15.2 Å². The van der Waals surface area contributed by atoms with Gasteiger partial charge in [0, 0.05) is 65.8 Å². The summed E-state index contributed by atoms with van der Waals surface area (Å²) < 4.78 is 7.68. The highest BCUT2D eigenvalue weighted by molar-refractivity contribution is 8.00. The third-order valence-corrected chi connectivity index (χ3v) is 7.47. The minimum atomic E-state index is -0.0709. The number of ether oxygens (including phenoxy) is 1. The van der Waals surface area contributed by atoms with Gasteiger partial charge in [0.2, 0.25) is 0 Å². The van der Waals surface area contributed by atoms with E-state index in [1.807, 2.05) is 31.2 Å². The molecule has 1 aromatic heterocycles. The molecule has 170 valence electrons. The van der Waals surface area contributed by atoms with Crippen molar-refractivity contribution in [1.29, 1.82) is 5.26 Å². The number of fused-ring (bicyclic) bond motifs is 2. The molecule has 0 spiro atoms. The monoisotopic (exact) mass is 461 g/mol. The van der Waals surface area contributed by atoms with Gasteiger partial charge in [0.15, 0.2) is 0 Å². The van der Waals surface area contributed by atoms with Gasteiger partial charge in [0.25, 0.3) is 5.56 Å². The number of aromatic nitrogens is 1. The number of benzene rings is 2. The number of aromatic amines is 1. The average Bonchev–Trinajstić information content (AvgIpc) is 3.25. The van der Waals surface area contributed by atoms with Gasteiger partial charge < -0.3 is 19.3 Å². The first kappa shape index (κ1) is 21.8. The van der Waals surface area contributed by atoms with Gasteiger partial charge in [-0.1, -0.05) is 6.07 Å². The molecule has 0 aliphatic carbocycles. The van der Waals surface area contributed by atoms with E-state index >= 15 is 0 Å². The lowest BCUT2D eigenvalue weighted by Crippen LogP contribution is -2.39. The molecule has 2 aliphatic heterocycles. The van der Waals surface area contributed by atoms with Crippen molar-refractivity contribution in [3.8, 4) is 6.07 Å². The molecule has 1 fully saturated rings. The summed E-state index contributed by atoms with van der Waals surface area (Å²) in [6, 6.07) is 12.1. The zero-order chi connectivity index (χ0) is 22.8. The lowest BCUT2D eigenvalue weighted by atomic mass is 10.1. The summed E-state index contributed by atoms with van der Waals surface area (Å²) in [6.07, 6.45) is 2.69. The van der Waals surface area contributed by atoms with Crippen molar-refractivity contribution < 1.29 is 4.74 Å². The third-order valence-electron chi connectivity index (χ3n) is 6.33. The molecule has 5 rings (SSSR count). The molecular weight excluding hydrogens is 434 g/mol. The highest BCUT2D eigenvalue weighted by Gasteiger charge is 2.25. The summed E-state index contributed by atoms with van der Waals surface area (Å²) in [7, 11) is 0. The SMILES string of the molecule is Cc1c[nH]c(=O)c2cccc(SN3CCc4c(NCCN5CCOCC5)cc(C#N)cc43)c12. The van der Waals surface area contributed by atoms with Gasteiger partial charge >= 0.3 is 0 Å². The van der Waals surface area contributed by atoms with E-state index in [4.69, 9.17) is 4.74 Å². The Morgan fingerprint density at radius 1 is 1.24 bits per heavy atom. The molecule has 2 N–H and O–H groups in total. The van der Waals surface area contributed by atoms with Crippen LogP contribution >= 0.6 is 11.9 Å². The summed E-state index contributed by atoms with van der Waals surface area (Å²) in [5.74, 6) is 0. The van der Waals surface area contributed by atoms with E-state index in [0.717, 1.165) is 79.6 Å². The molecule has 2 aliphatic rings. The molecule has 1 saturated heterocycles. The summed E-state index contributed by atoms with van der Waals surface area (Å²) in [6.45, 7) is 8.19. The van der Waals surface area contributed by atoms with Crippen molar-refractivity contribution in [3.05, 3.63) is 63.6 Å². The van der Waals surface area contributed by atoms with Gasteiger partial charge in [0.1, 0.15) is 0 Å². The summed E-state index contributed by atoms with van der Waals surface area (Å²) in [4.78, 5) is 18.6. The number of morpholine rings is 1. The number of aryl methyl sites for hydroxylation is 1. The minimum Gasteiger partial charge on any atom is -0.383 e. The van der Waals surface area contributed by atoms with E-state index < -0.39 is 0 Å². The fourth-order valence-electron chi connectivity index (χ4n) is 4.61. The van der Waals surface area contributed by atoms with Gasteiger partial charge in [-0.15, -0.1) is 0 Å². The summed E-state index contributed by atoms with van der Waals surface area (Å²) in [5.41, 5.74) is 5.00. The van der Waals surface area contributed by atoms with Crippen LogP contribution in [0.4, 0.5) is 11.4 Å². The molecular formula is C25H27N5O2S. The molecule has 0 amide bonds. The maximum atomic E-state index is 12.3. The normalized spacial score (nSPS) is 16.1. The van der Waals surface area contributed by atoms with E-state index in [9.17, 15) is 10.1 Å². The standard InChI is InChI=1S/C25H27N5O2S/c1-17-16-28-25(31)20-3-2-4-23(24(17)20)33-30-7-5-19-21(13-18(15-26)14-22(19)30)27-6-8-29-9-11-32-12-10-29/h2-4,13-14,16,27H,5-12H2,1H3,(H,28,31). The average molecular weight is 462 g/mol. The lowest BCUT2D eigenvalue weighted by molar-refractivity contribution is 0.0398. The van der Waals surface area contributed by atoms with Crippen LogP contribution in [0.5, 0.6) is 0 Å². The van der Waals surface area contributed by atoms with Crippen LogP contribution in [-0.4, -0.2) is 55.8 Å². The second-order valence-corrected chi connectivity index (χ2v) is 9.50. The maximum absolute atomic E-state index is 12.3. The van der Waals surface area contributed by atoms with E-state index in [-0.39, 0.29) is 5.56 Å². The van der Waals surface area contributed by atoms with Gasteiger partial charge in [-0.2, -0.15) is 5.26 Å². The molecule has 0 unspecified atom stereocenters. The van der Waals surface area contributed by atoms with E-state index in [1.165, 1.54) is 5.56 Å². The van der Waals surface area contributed by atoms with Crippen molar-refractivity contribution >= 4 is 34.1 Å². The van der Waals surface area contributed by atoms with Crippen molar-refractivity contribution in [2.45, 2.75) is 18.2 Å². The zero-order valence-electron chi connectivity index (χ0n) is 18.7. The van der Waals surface area contributed by atoms with Crippen LogP contribution in [0.25, 0.3) is 10.8 Å². The highest BCUT2D eigenvalue weighted by atomic mass is 32.2. The zero-order valence-corrected chi connectivity index (χ0v) is 19.5. The molecule has 2 aromatic carbocycles. The molecule has 8 heteroatoms. The van der Waals surface area contributed by atoms with Crippen molar-refractivity contribution in [3.63, 3.8) is 0 Å². The van der Waals surface area contributed by atoms with Crippen LogP contribution in [0.15, 0.2) is 46.2 Å².